The van der Waals surface area contributed by atoms with Gasteiger partial charge in [0.1, 0.15) is 5.82 Å². The van der Waals surface area contributed by atoms with Crippen LogP contribution in [0.2, 0.25) is 0 Å². The molecule has 186 valence electrons. The highest BCUT2D eigenvalue weighted by Crippen LogP contribution is 2.35. The quantitative estimate of drug-likeness (QED) is 0.333. The van der Waals surface area contributed by atoms with Crippen LogP contribution in [0.25, 0.3) is 10.9 Å². The van der Waals surface area contributed by atoms with Gasteiger partial charge in [0, 0.05) is 43.7 Å². The molecule has 0 unspecified atom stereocenters. The minimum Gasteiger partial charge on any atom is -0.493 e. The molecule has 1 aromatic heterocycles. The van der Waals surface area contributed by atoms with Crippen molar-refractivity contribution in [2.75, 3.05) is 37.9 Å². The van der Waals surface area contributed by atoms with Crippen LogP contribution in [-0.4, -0.2) is 48.2 Å². The number of methoxy groups -OCH3 is 2. The van der Waals surface area contributed by atoms with E-state index in [1.54, 1.807) is 14.2 Å². The lowest BCUT2D eigenvalue weighted by Crippen LogP contribution is -2.39. The van der Waals surface area contributed by atoms with E-state index in [0.29, 0.717) is 30.0 Å². The van der Waals surface area contributed by atoms with Gasteiger partial charge in [0.2, 0.25) is 5.95 Å². The maximum atomic E-state index is 5.54. The zero-order chi connectivity index (χ0) is 24.7. The van der Waals surface area contributed by atoms with E-state index >= 15 is 0 Å². The zero-order valence-corrected chi connectivity index (χ0v) is 20.9. The van der Waals surface area contributed by atoms with E-state index in [0.717, 1.165) is 49.2 Å². The van der Waals surface area contributed by atoms with Crippen molar-refractivity contribution < 1.29 is 9.47 Å². The minimum absolute atomic E-state index is 0.330. The Kier molecular flexibility index (Phi) is 7.47. The van der Waals surface area contributed by atoms with Crippen molar-refractivity contribution >= 4 is 22.7 Å². The van der Waals surface area contributed by atoms with Gasteiger partial charge in [-0.2, -0.15) is 4.98 Å². The van der Waals surface area contributed by atoms with Gasteiger partial charge in [-0.1, -0.05) is 60.7 Å². The summed E-state index contributed by atoms with van der Waals surface area (Å²) in [6.45, 7) is 3.75. The fraction of sp³-hybridized carbons (Fsp3) is 0.310. The van der Waals surface area contributed by atoms with Crippen molar-refractivity contribution in [3.8, 4) is 11.5 Å². The molecule has 1 aliphatic rings. The fourth-order valence-electron chi connectivity index (χ4n) is 4.70. The maximum absolute atomic E-state index is 5.54. The summed E-state index contributed by atoms with van der Waals surface area (Å²) < 4.78 is 11.1. The molecule has 0 atom stereocenters. The number of piperidine rings is 1. The van der Waals surface area contributed by atoms with Gasteiger partial charge in [0.25, 0.3) is 0 Å². The van der Waals surface area contributed by atoms with Crippen LogP contribution in [0.4, 0.5) is 11.8 Å². The second kappa shape index (κ2) is 11.3. The average molecular weight is 484 g/mol. The molecule has 4 aromatic rings. The third-order valence-corrected chi connectivity index (χ3v) is 6.67. The zero-order valence-electron chi connectivity index (χ0n) is 20.9. The van der Waals surface area contributed by atoms with E-state index in [4.69, 9.17) is 19.4 Å². The molecule has 0 aliphatic carbocycles. The van der Waals surface area contributed by atoms with Crippen LogP contribution in [0.5, 0.6) is 11.5 Å². The van der Waals surface area contributed by atoms with E-state index in [1.807, 2.05) is 30.3 Å². The molecule has 0 bridgehead atoms. The second-order valence-electron chi connectivity index (χ2n) is 9.14. The Morgan fingerprint density at radius 1 is 0.833 bits per heavy atom. The van der Waals surface area contributed by atoms with E-state index < -0.39 is 0 Å². The Balaban J connectivity index is 1.34. The molecule has 0 radical (unpaired) electrons. The van der Waals surface area contributed by atoms with Gasteiger partial charge in [-0.25, -0.2) is 4.98 Å². The van der Waals surface area contributed by atoms with Gasteiger partial charge in [-0.05, 0) is 30.0 Å². The van der Waals surface area contributed by atoms with Gasteiger partial charge in [-0.15, -0.1) is 0 Å². The smallest absolute Gasteiger partial charge is 0.225 e. The number of ether oxygens (including phenoxy) is 2. The van der Waals surface area contributed by atoms with Crippen molar-refractivity contribution in [2.45, 2.75) is 32.0 Å². The van der Waals surface area contributed by atoms with Crippen molar-refractivity contribution in [1.29, 1.82) is 0 Å². The predicted molar refractivity (Wildman–Crippen MR) is 145 cm³/mol. The number of hydrogen-bond donors (Lipinski definition) is 2. The molecular weight excluding hydrogens is 450 g/mol. The number of hydrogen-bond acceptors (Lipinski definition) is 7. The Morgan fingerprint density at radius 2 is 1.47 bits per heavy atom. The van der Waals surface area contributed by atoms with Crippen LogP contribution in [0.15, 0.2) is 72.8 Å². The SMILES string of the molecule is COc1cc2nc(NC3CCN(Cc4ccccc4)CC3)nc(NCc3ccccc3)c2cc1OC. The van der Waals surface area contributed by atoms with Gasteiger partial charge in [0.05, 0.1) is 19.7 Å². The van der Waals surface area contributed by atoms with Crippen LogP contribution in [0, 0.1) is 0 Å². The van der Waals surface area contributed by atoms with Crippen LogP contribution >= 0.6 is 0 Å². The molecule has 0 amide bonds. The first kappa shape index (κ1) is 23.9. The molecule has 7 heteroatoms. The van der Waals surface area contributed by atoms with E-state index in [2.05, 4.69) is 58.0 Å². The second-order valence-corrected chi connectivity index (χ2v) is 9.14. The summed E-state index contributed by atoms with van der Waals surface area (Å²) in [6, 6.07) is 25.2. The fourth-order valence-corrected chi connectivity index (χ4v) is 4.70. The molecule has 7 nitrogen and oxygen atoms in total. The summed E-state index contributed by atoms with van der Waals surface area (Å²) in [5.41, 5.74) is 3.35. The summed E-state index contributed by atoms with van der Waals surface area (Å²) in [5.74, 6) is 2.71. The maximum Gasteiger partial charge on any atom is 0.225 e. The number of nitrogens with zero attached hydrogens (tertiary/aromatic N) is 3. The molecule has 2 heterocycles. The van der Waals surface area contributed by atoms with Gasteiger partial charge in [0.15, 0.2) is 11.5 Å². The van der Waals surface area contributed by atoms with Crippen molar-refractivity contribution in [2.24, 2.45) is 0 Å². The number of benzene rings is 3. The van der Waals surface area contributed by atoms with Crippen molar-refractivity contribution in [3.05, 3.63) is 83.9 Å². The molecular formula is C29H33N5O2. The molecule has 0 spiro atoms. The normalized spacial score (nSPS) is 14.5. The van der Waals surface area contributed by atoms with Gasteiger partial charge in [-0.3, -0.25) is 4.90 Å². The summed E-state index contributed by atoms with van der Waals surface area (Å²) in [6.07, 6.45) is 2.10. The number of nitrogens with one attached hydrogen (secondary N) is 2. The number of aromatic nitrogens is 2. The molecule has 1 saturated heterocycles. The predicted octanol–water partition coefficient (Wildman–Crippen LogP) is 5.34. The highest BCUT2D eigenvalue weighted by Gasteiger charge is 2.21. The molecule has 1 fully saturated rings. The van der Waals surface area contributed by atoms with Crippen LogP contribution in [-0.2, 0) is 13.1 Å². The van der Waals surface area contributed by atoms with Crippen LogP contribution in [0.1, 0.15) is 24.0 Å². The molecule has 36 heavy (non-hydrogen) atoms. The summed E-state index contributed by atoms with van der Waals surface area (Å²) in [4.78, 5) is 12.2. The summed E-state index contributed by atoms with van der Waals surface area (Å²) >= 11 is 0. The Labute approximate surface area is 212 Å². The molecule has 3 aromatic carbocycles. The number of anilines is 2. The molecule has 2 N–H and O–H groups in total. The standard InChI is InChI=1S/C29H33N5O2/c1-35-26-17-24-25(18-27(26)36-2)32-29(33-28(24)30-19-21-9-5-3-6-10-21)31-23-13-15-34(16-14-23)20-22-11-7-4-8-12-22/h3-12,17-18,23H,13-16,19-20H2,1-2H3,(H2,30,31,32,33). The summed E-state index contributed by atoms with van der Waals surface area (Å²) in [5, 5.41) is 8.01. The number of fused-ring (bicyclic) bond motifs is 1. The van der Waals surface area contributed by atoms with E-state index in [9.17, 15) is 0 Å². The highest BCUT2D eigenvalue weighted by atomic mass is 16.5. The summed E-state index contributed by atoms with van der Waals surface area (Å²) in [7, 11) is 3.28. The molecule has 0 saturated carbocycles. The van der Waals surface area contributed by atoms with E-state index in [1.165, 1.54) is 11.1 Å². The van der Waals surface area contributed by atoms with Crippen molar-refractivity contribution in [1.82, 2.24) is 14.9 Å². The van der Waals surface area contributed by atoms with Crippen molar-refractivity contribution in [3.63, 3.8) is 0 Å². The molecule has 5 rings (SSSR count). The highest BCUT2D eigenvalue weighted by molar-refractivity contribution is 5.92. The Hall–Kier alpha value is -3.84. The Morgan fingerprint density at radius 3 is 2.14 bits per heavy atom. The third kappa shape index (κ3) is 5.69. The van der Waals surface area contributed by atoms with Gasteiger partial charge < -0.3 is 20.1 Å². The minimum atomic E-state index is 0.330. The van der Waals surface area contributed by atoms with Crippen LogP contribution < -0.4 is 20.1 Å². The largest absolute Gasteiger partial charge is 0.493 e. The Bertz CT molecular complexity index is 1280. The lowest BCUT2D eigenvalue weighted by Gasteiger charge is -2.32. The topological polar surface area (TPSA) is 71.5 Å². The lowest BCUT2D eigenvalue weighted by molar-refractivity contribution is 0.211. The first-order chi connectivity index (χ1) is 17.7. The van der Waals surface area contributed by atoms with Gasteiger partial charge >= 0.3 is 0 Å². The lowest BCUT2D eigenvalue weighted by atomic mass is 10.0. The third-order valence-electron chi connectivity index (χ3n) is 6.67. The number of likely N-dealkylation sites (tertiary alicyclic amines) is 1. The number of rotatable bonds is 9. The van der Waals surface area contributed by atoms with Crippen LogP contribution in [0.3, 0.4) is 0 Å². The first-order valence-electron chi connectivity index (χ1n) is 12.5. The monoisotopic (exact) mass is 483 g/mol. The average Bonchev–Trinajstić information content (AvgIpc) is 2.93. The van der Waals surface area contributed by atoms with E-state index in [-0.39, 0.29) is 0 Å². The molecule has 1 aliphatic heterocycles. The first-order valence-corrected chi connectivity index (χ1v) is 12.5.